The van der Waals surface area contributed by atoms with E-state index in [9.17, 15) is 22.4 Å². The Morgan fingerprint density at radius 1 is 1.29 bits per heavy atom. The molecule has 0 saturated carbocycles. The smallest absolute Gasteiger partial charge is 0.288 e. The maximum Gasteiger partial charge on any atom is 0.300 e. The maximum atomic E-state index is 13.0. The van der Waals surface area contributed by atoms with Gasteiger partial charge < -0.3 is 0 Å². The van der Waals surface area contributed by atoms with Gasteiger partial charge in [0.1, 0.15) is 11.6 Å². The number of hydrogen-bond acceptors (Lipinski definition) is 1. The number of halogens is 5. The number of alkyl halides is 2. The molecule has 0 heterocycles. The lowest BCUT2D eigenvalue weighted by atomic mass is 10.1. The van der Waals surface area contributed by atoms with Crippen molar-refractivity contribution >= 4 is 21.7 Å². The van der Waals surface area contributed by atoms with Crippen LogP contribution in [-0.2, 0) is 0 Å². The van der Waals surface area contributed by atoms with Crippen LogP contribution >= 0.6 is 15.9 Å². The van der Waals surface area contributed by atoms with Gasteiger partial charge in [0, 0.05) is 0 Å². The highest BCUT2D eigenvalue weighted by molar-refractivity contribution is 9.10. The van der Waals surface area contributed by atoms with Gasteiger partial charge in [-0.1, -0.05) is 0 Å². The van der Waals surface area contributed by atoms with E-state index in [1.54, 1.807) is 0 Å². The molecular formula is C8H3BrF4O. The van der Waals surface area contributed by atoms with Crippen LogP contribution < -0.4 is 0 Å². The van der Waals surface area contributed by atoms with Crippen LogP contribution in [0.25, 0.3) is 0 Å². The molecular weight excluding hydrogens is 268 g/mol. The molecule has 0 radical (unpaired) electrons. The molecule has 1 rings (SSSR count). The Bertz CT molecular complexity index is 378. The zero-order chi connectivity index (χ0) is 10.9. The molecule has 0 atom stereocenters. The third-order valence-corrected chi connectivity index (χ3v) is 2.03. The highest BCUT2D eigenvalue weighted by Crippen LogP contribution is 2.22. The topological polar surface area (TPSA) is 17.1 Å². The second-order valence-corrected chi connectivity index (χ2v) is 3.27. The molecule has 0 aromatic heterocycles. The molecule has 1 aromatic rings. The first kappa shape index (κ1) is 11.2. The van der Waals surface area contributed by atoms with Gasteiger partial charge in [-0.15, -0.1) is 0 Å². The van der Waals surface area contributed by atoms with Crippen LogP contribution in [0.2, 0.25) is 0 Å². The van der Waals surface area contributed by atoms with Gasteiger partial charge in [-0.2, -0.15) is 0 Å². The molecule has 76 valence electrons. The monoisotopic (exact) mass is 270 g/mol. The summed E-state index contributed by atoms with van der Waals surface area (Å²) in [4.78, 5) is 10.7. The first-order chi connectivity index (χ1) is 6.43. The summed E-state index contributed by atoms with van der Waals surface area (Å²) in [6, 6.07) is 1.19. The Kier molecular flexibility index (Phi) is 3.25. The van der Waals surface area contributed by atoms with Gasteiger partial charge in [-0.3, -0.25) is 4.79 Å². The molecule has 0 N–H and O–H groups in total. The zero-order valence-electron chi connectivity index (χ0n) is 6.53. The number of hydrogen-bond donors (Lipinski definition) is 0. The number of carbonyl (C=O) groups is 1. The van der Waals surface area contributed by atoms with Crippen molar-refractivity contribution in [2.45, 2.75) is 6.43 Å². The third kappa shape index (κ3) is 2.12. The third-order valence-electron chi connectivity index (χ3n) is 1.46. The second-order valence-electron chi connectivity index (χ2n) is 2.41. The van der Waals surface area contributed by atoms with Crippen molar-refractivity contribution in [3.8, 4) is 0 Å². The van der Waals surface area contributed by atoms with E-state index >= 15 is 0 Å². The Balaban J connectivity index is 3.27. The molecule has 0 amide bonds. The normalized spacial score (nSPS) is 10.7. The number of ketones is 1. The van der Waals surface area contributed by atoms with Crippen molar-refractivity contribution < 1.29 is 22.4 Å². The van der Waals surface area contributed by atoms with E-state index in [0.717, 1.165) is 6.07 Å². The molecule has 0 unspecified atom stereocenters. The molecule has 6 heteroatoms. The second kappa shape index (κ2) is 4.08. The quantitative estimate of drug-likeness (QED) is 0.458. The van der Waals surface area contributed by atoms with Crippen molar-refractivity contribution in [1.82, 2.24) is 0 Å². The van der Waals surface area contributed by atoms with Gasteiger partial charge in [0.25, 0.3) is 0 Å². The Morgan fingerprint density at radius 2 is 1.86 bits per heavy atom. The lowest BCUT2D eigenvalue weighted by Gasteiger charge is -2.03. The van der Waals surface area contributed by atoms with E-state index in [4.69, 9.17) is 0 Å². The Hall–Kier alpha value is -0.910. The number of Topliss-reactive ketones (excluding diaryl/α,β-unsaturated/α-hetero) is 1. The van der Waals surface area contributed by atoms with Crippen molar-refractivity contribution in [3.05, 3.63) is 33.8 Å². The number of benzene rings is 1. The standard InChI is InChI=1S/C8H3BrF4O/c9-5-2-3(10)1-4(6(5)11)7(14)8(12)13/h1-2,8H. The molecule has 0 bridgehead atoms. The zero-order valence-corrected chi connectivity index (χ0v) is 8.12. The summed E-state index contributed by atoms with van der Waals surface area (Å²) in [6.07, 6.45) is -3.35. The Morgan fingerprint density at radius 3 is 2.36 bits per heavy atom. The fourth-order valence-corrected chi connectivity index (χ4v) is 1.29. The molecule has 1 aromatic carbocycles. The number of rotatable bonds is 2. The minimum absolute atomic E-state index is 0.360. The first-order valence-corrected chi connectivity index (χ1v) is 4.19. The summed E-state index contributed by atoms with van der Waals surface area (Å²) in [5.41, 5.74) is -0.952. The molecule has 0 aliphatic carbocycles. The van der Waals surface area contributed by atoms with Crippen LogP contribution in [0.3, 0.4) is 0 Å². The van der Waals surface area contributed by atoms with Gasteiger partial charge >= 0.3 is 6.43 Å². The first-order valence-electron chi connectivity index (χ1n) is 3.40. The lowest BCUT2D eigenvalue weighted by molar-refractivity contribution is 0.0673. The van der Waals surface area contributed by atoms with E-state index in [0.29, 0.717) is 6.07 Å². The molecule has 0 aliphatic heterocycles. The Labute approximate surface area is 84.9 Å². The van der Waals surface area contributed by atoms with E-state index in [-0.39, 0.29) is 4.47 Å². The van der Waals surface area contributed by atoms with Crippen LogP contribution in [0.5, 0.6) is 0 Å². The van der Waals surface area contributed by atoms with Crippen LogP contribution in [0, 0.1) is 11.6 Å². The minimum atomic E-state index is -3.35. The van der Waals surface area contributed by atoms with Crippen molar-refractivity contribution in [3.63, 3.8) is 0 Å². The molecule has 0 fully saturated rings. The number of carbonyl (C=O) groups excluding carboxylic acids is 1. The van der Waals surface area contributed by atoms with Crippen LogP contribution in [-0.4, -0.2) is 12.2 Å². The van der Waals surface area contributed by atoms with Crippen LogP contribution in [0.4, 0.5) is 17.6 Å². The fraction of sp³-hybridized carbons (Fsp3) is 0.125. The van der Waals surface area contributed by atoms with E-state index in [1.165, 1.54) is 0 Å². The minimum Gasteiger partial charge on any atom is -0.288 e. The lowest BCUT2D eigenvalue weighted by Crippen LogP contribution is -2.13. The van der Waals surface area contributed by atoms with Gasteiger partial charge in [-0.05, 0) is 28.1 Å². The van der Waals surface area contributed by atoms with Crippen LogP contribution in [0.1, 0.15) is 10.4 Å². The predicted molar refractivity (Wildman–Crippen MR) is 44.4 cm³/mol. The SMILES string of the molecule is O=C(c1cc(F)cc(Br)c1F)C(F)F. The summed E-state index contributed by atoms with van der Waals surface area (Å²) in [7, 11) is 0. The maximum absolute atomic E-state index is 13.0. The summed E-state index contributed by atoms with van der Waals surface area (Å²) in [5.74, 6) is -3.87. The van der Waals surface area contributed by atoms with E-state index in [1.807, 2.05) is 0 Å². The average Bonchev–Trinajstić information content (AvgIpc) is 2.09. The summed E-state index contributed by atoms with van der Waals surface area (Å²) < 4.78 is 49.1. The molecule has 0 spiro atoms. The van der Waals surface area contributed by atoms with E-state index < -0.39 is 29.4 Å². The van der Waals surface area contributed by atoms with Crippen molar-refractivity contribution in [2.24, 2.45) is 0 Å². The molecule has 1 nitrogen and oxygen atoms in total. The van der Waals surface area contributed by atoms with Crippen LogP contribution in [0.15, 0.2) is 16.6 Å². The van der Waals surface area contributed by atoms with Gasteiger partial charge in [0.05, 0.1) is 10.0 Å². The highest BCUT2D eigenvalue weighted by Gasteiger charge is 2.23. The molecule has 0 saturated heterocycles. The summed E-state index contributed by atoms with van der Waals surface area (Å²) >= 11 is 2.60. The molecule has 0 aliphatic rings. The highest BCUT2D eigenvalue weighted by atomic mass is 79.9. The fourth-order valence-electron chi connectivity index (χ4n) is 0.853. The van der Waals surface area contributed by atoms with E-state index in [2.05, 4.69) is 15.9 Å². The molecule has 14 heavy (non-hydrogen) atoms. The van der Waals surface area contributed by atoms with Crippen molar-refractivity contribution in [1.29, 1.82) is 0 Å². The largest absolute Gasteiger partial charge is 0.300 e. The van der Waals surface area contributed by atoms with Gasteiger partial charge in [-0.25, -0.2) is 17.6 Å². The summed E-state index contributed by atoms with van der Waals surface area (Å²) in [6.45, 7) is 0. The van der Waals surface area contributed by atoms with Crippen molar-refractivity contribution in [2.75, 3.05) is 0 Å². The summed E-state index contributed by atoms with van der Waals surface area (Å²) in [5, 5.41) is 0. The predicted octanol–water partition coefficient (Wildman–Crippen LogP) is 3.18. The van der Waals surface area contributed by atoms with Gasteiger partial charge in [0.2, 0.25) is 5.78 Å². The van der Waals surface area contributed by atoms with Gasteiger partial charge in [0.15, 0.2) is 0 Å². The average molecular weight is 271 g/mol.